The molecule has 1 N–H and O–H groups in total. The molecule has 0 radical (unpaired) electrons. The van der Waals surface area contributed by atoms with Crippen molar-refractivity contribution in [2.45, 2.75) is 39.8 Å². The van der Waals surface area contributed by atoms with Gasteiger partial charge in [0.1, 0.15) is 46.5 Å². The maximum atomic E-state index is 15.4. The minimum atomic E-state index is -0.999. The number of nitrogens with zero attached hydrogens (tertiary/aromatic N) is 3. The van der Waals surface area contributed by atoms with Crippen molar-refractivity contribution in [2.24, 2.45) is 0 Å². The largest absolute Gasteiger partial charge is 0.485 e. The summed E-state index contributed by atoms with van der Waals surface area (Å²) in [6.45, 7) is 6.93. The summed E-state index contributed by atoms with van der Waals surface area (Å²) >= 11 is 0. The van der Waals surface area contributed by atoms with Gasteiger partial charge in [-0.15, -0.1) is 0 Å². The lowest BCUT2D eigenvalue weighted by Gasteiger charge is -2.19. The van der Waals surface area contributed by atoms with Crippen LogP contribution in [0.15, 0.2) is 65.5 Å². The van der Waals surface area contributed by atoms with Crippen LogP contribution in [0, 0.1) is 24.4 Å². The van der Waals surface area contributed by atoms with Gasteiger partial charge >= 0.3 is 5.69 Å². The van der Waals surface area contributed by atoms with E-state index in [9.17, 15) is 18.4 Å². The van der Waals surface area contributed by atoms with Gasteiger partial charge in [0.15, 0.2) is 0 Å². The molecule has 0 spiro atoms. The maximum Gasteiger partial charge on any atom is 0.351 e. The van der Waals surface area contributed by atoms with Gasteiger partial charge in [-0.05, 0) is 51.5 Å². The summed E-state index contributed by atoms with van der Waals surface area (Å²) in [7, 11) is 0. The summed E-state index contributed by atoms with van der Waals surface area (Å²) in [5, 5.41) is 6.33. The van der Waals surface area contributed by atoms with Crippen LogP contribution in [-0.2, 0) is 0 Å². The SMILES string of the molecule is Cc1nn(-c2cc(OC(C)c3ccccc3)c(C(=O)Nc3c(F)cccc3F)cc2F)c(=O)n1C(C)C. The van der Waals surface area contributed by atoms with E-state index in [0.717, 1.165) is 34.5 Å². The number of halogens is 3. The molecular formula is C27H25F3N4O3. The molecule has 0 bridgehead atoms. The lowest BCUT2D eigenvalue weighted by atomic mass is 10.1. The van der Waals surface area contributed by atoms with E-state index in [1.165, 1.54) is 10.6 Å². The van der Waals surface area contributed by atoms with Gasteiger partial charge in [-0.2, -0.15) is 9.78 Å². The first-order chi connectivity index (χ1) is 17.6. The minimum Gasteiger partial charge on any atom is -0.485 e. The molecule has 0 fully saturated rings. The monoisotopic (exact) mass is 510 g/mol. The van der Waals surface area contributed by atoms with Crippen LogP contribution in [0.3, 0.4) is 0 Å². The summed E-state index contributed by atoms with van der Waals surface area (Å²) in [4.78, 5) is 26.1. The second-order valence-electron chi connectivity index (χ2n) is 8.73. The number of nitrogens with one attached hydrogen (secondary N) is 1. The molecule has 0 aliphatic rings. The first-order valence-electron chi connectivity index (χ1n) is 11.6. The highest BCUT2D eigenvalue weighted by atomic mass is 19.1. The van der Waals surface area contributed by atoms with Crippen LogP contribution in [0.2, 0.25) is 0 Å². The molecule has 0 aliphatic carbocycles. The maximum absolute atomic E-state index is 15.4. The van der Waals surface area contributed by atoms with Gasteiger partial charge in [-0.25, -0.2) is 18.0 Å². The van der Waals surface area contributed by atoms with Crippen LogP contribution in [0.5, 0.6) is 5.75 Å². The normalized spacial score (nSPS) is 12.0. The number of carbonyl (C=O) groups excluding carboxylic acids is 1. The van der Waals surface area contributed by atoms with Crippen LogP contribution >= 0.6 is 0 Å². The number of para-hydroxylation sites is 1. The third kappa shape index (κ3) is 5.13. The van der Waals surface area contributed by atoms with E-state index in [4.69, 9.17) is 4.74 Å². The summed E-state index contributed by atoms with van der Waals surface area (Å²) in [5.74, 6) is -3.67. The Morgan fingerprint density at radius 1 is 0.946 bits per heavy atom. The molecule has 1 amide bonds. The zero-order valence-electron chi connectivity index (χ0n) is 20.6. The number of hydrogen-bond acceptors (Lipinski definition) is 4. The summed E-state index contributed by atoms with van der Waals surface area (Å²) in [6, 6.07) is 14.0. The van der Waals surface area contributed by atoms with Gasteiger partial charge in [0.2, 0.25) is 0 Å². The summed E-state index contributed by atoms with van der Waals surface area (Å²) in [5.41, 5.74) is -1.05. The van der Waals surface area contributed by atoms with E-state index in [-0.39, 0.29) is 23.0 Å². The Balaban J connectivity index is 1.83. The van der Waals surface area contributed by atoms with Gasteiger partial charge in [0.05, 0.1) is 5.56 Å². The predicted octanol–water partition coefficient (Wildman–Crippen LogP) is 5.73. The number of rotatable bonds is 7. The number of anilines is 1. The van der Waals surface area contributed by atoms with Crippen LogP contribution in [0.1, 0.15) is 54.7 Å². The lowest BCUT2D eigenvalue weighted by molar-refractivity contribution is 0.101. The third-order valence-corrected chi connectivity index (χ3v) is 5.79. The quantitative estimate of drug-likeness (QED) is 0.344. The summed E-state index contributed by atoms with van der Waals surface area (Å²) < 4.78 is 52.0. The van der Waals surface area contributed by atoms with E-state index in [0.29, 0.717) is 5.82 Å². The van der Waals surface area contributed by atoms with E-state index in [1.54, 1.807) is 39.8 Å². The Morgan fingerprint density at radius 3 is 2.19 bits per heavy atom. The Morgan fingerprint density at radius 2 is 1.59 bits per heavy atom. The second-order valence-corrected chi connectivity index (χ2v) is 8.73. The molecule has 1 aromatic heterocycles. The highest BCUT2D eigenvalue weighted by Crippen LogP contribution is 2.31. The van der Waals surface area contributed by atoms with Crippen LogP contribution in [-0.4, -0.2) is 20.3 Å². The number of benzene rings is 3. The third-order valence-electron chi connectivity index (χ3n) is 5.79. The number of ether oxygens (including phenoxy) is 1. The zero-order valence-corrected chi connectivity index (χ0v) is 20.6. The molecule has 192 valence electrons. The Bertz CT molecular complexity index is 1490. The number of aromatic nitrogens is 3. The smallest absolute Gasteiger partial charge is 0.351 e. The van der Waals surface area contributed by atoms with Crippen molar-refractivity contribution < 1.29 is 22.7 Å². The second kappa shape index (κ2) is 10.3. The average Bonchev–Trinajstić information content (AvgIpc) is 3.16. The zero-order chi connectivity index (χ0) is 26.9. The highest BCUT2D eigenvalue weighted by Gasteiger charge is 2.24. The predicted molar refractivity (Wildman–Crippen MR) is 133 cm³/mol. The molecule has 4 aromatic rings. The topological polar surface area (TPSA) is 78.2 Å². The molecule has 1 unspecified atom stereocenters. The molecule has 7 nitrogen and oxygen atoms in total. The van der Waals surface area contributed by atoms with Gasteiger partial charge in [0.25, 0.3) is 5.91 Å². The van der Waals surface area contributed by atoms with Crippen molar-refractivity contribution >= 4 is 11.6 Å². The molecule has 37 heavy (non-hydrogen) atoms. The lowest BCUT2D eigenvalue weighted by Crippen LogP contribution is -2.26. The molecular weight excluding hydrogens is 485 g/mol. The van der Waals surface area contributed by atoms with Gasteiger partial charge in [0, 0.05) is 12.1 Å². The van der Waals surface area contributed by atoms with Crippen molar-refractivity contribution in [3.05, 3.63) is 106 Å². The van der Waals surface area contributed by atoms with E-state index in [1.807, 2.05) is 18.2 Å². The van der Waals surface area contributed by atoms with Crippen molar-refractivity contribution in [3.8, 4) is 11.4 Å². The van der Waals surface area contributed by atoms with E-state index in [2.05, 4.69) is 10.4 Å². The fourth-order valence-corrected chi connectivity index (χ4v) is 3.99. The van der Waals surface area contributed by atoms with Gasteiger partial charge in [-0.1, -0.05) is 36.4 Å². The molecule has 4 rings (SSSR count). The number of amides is 1. The number of hydrogen-bond donors (Lipinski definition) is 1. The van der Waals surface area contributed by atoms with Crippen LogP contribution in [0.25, 0.3) is 5.69 Å². The van der Waals surface area contributed by atoms with Gasteiger partial charge < -0.3 is 10.1 Å². The van der Waals surface area contributed by atoms with Crippen molar-refractivity contribution in [2.75, 3.05) is 5.32 Å². The van der Waals surface area contributed by atoms with Crippen LogP contribution in [0.4, 0.5) is 18.9 Å². The number of aryl methyl sites for hydroxylation is 1. The van der Waals surface area contributed by atoms with Gasteiger partial charge in [-0.3, -0.25) is 9.36 Å². The van der Waals surface area contributed by atoms with Crippen molar-refractivity contribution in [1.29, 1.82) is 0 Å². The minimum absolute atomic E-state index is 0.106. The van der Waals surface area contributed by atoms with Crippen molar-refractivity contribution in [1.82, 2.24) is 14.3 Å². The molecule has 0 saturated heterocycles. The molecule has 0 aliphatic heterocycles. The van der Waals surface area contributed by atoms with E-state index >= 15 is 4.39 Å². The van der Waals surface area contributed by atoms with Crippen molar-refractivity contribution in [3.63, 3.8) is 0 Å². The first kappa shape index (κ1) is 25.7. The molecule has 1 heterocycles. The molecule has 3 aromatic carbocycles. The Labute approximate surface area is 211 Å². The fourth-order valence-electron chi connectivity index (χ4n) is 3.99. The Kier molecular flexibility index (Phi) is 7.19. The highest BCUT2D eigenvalue weighted by molar-refractivity contribution is 6.06. The Hall–Kier alpha value is -4.34. The molecule has 0 saturated carbocycles. The first-order valence-corrected chi connectivity index (χ1v) is 11.6. The standard InChI is InChI=1S/C27H25F3N4O3/c1-15(2)33-17(4)32-34(27(33)36)23-14-24(37-16(3)18-9-6-5-7-10-18)19(13-22(23)30)26(35)31-25-20(28)11-8-12-21(25)29/h5-16H,1-4H3,(H,31,35). The number of carbonyl (C=O) groups is 1. The fraction of sp³-hybridized carbons (Fsp3) is 0.222. The summed E-state index contributed by atoms with van der Waals surface area (Å²) in [6.07, 6.45) is -0.595. The molecule has 1 atom stereocenters. The average molecular weight is 511 g/mol. The molecule has 10 heteroatoms. The van der Waals surface area contributed by atoms with E-state index < -0.39 is 40.8 Å². The van der Waals surface area contributed by atoms with Crippen LogP contribution < -0.4 is 15.7 Å².